The van der Waals surface area contributed by atoms with Crippen molar-refractivity contribution in [2.24, 2.45) is 0 Å². The normalized spacial score (nSPS) is 14.9. The van der Waals surface area contributed by atoms with E-state index in [2.05, 4.69) is 9.47 Å². The first-order valence-corrected chi connectivity index (χ1v) is 7.27. The van der Waals surface area contributed by atoms with Crippen LogP contribution in [0.25, 0.3) is 0 Å². The van der Waals surface area contributed by atoms with Gasteiger partial charge in [0.2, 0.25) is 5.91 Å². The van der Waals surface area contributed by atoms with E-state index in [1.54, 1.807) is 0 Å². The molecule has 0 aromatic carbocycles. The van der Waals surface area contributed by atoms with Crippen molar-refractivity contribution >= 4 is 12.0 Å². The molecule has 142 valence electrons. The summed E-state index contributed by atoms with van der Waals surface area (Å²) in [5.74, 6) is -0.197. The Labute approximate surface area is 139 Å². The molecule has 0 radical (unpaired) electrons. The Morgan fingerprint density at radius 2 is 1.88 bits per heavy atom. The summed E-state index contributed by atoms with van der Waals surface area (Å²) in [5.41, 5.74) is 0. The molecule has 11 nitrogen and oxygen atoms in total. The van der Waals surface area contributed by atoms with E-state index in [4.69, 9.17) is 25.5 Å². The summed E-state index contributed by atoms with van der Waals surface area (Å²) >= 11 is 0. The second-order valence-corrected chi connectivity index (χ2v) is 4.57. The molecule has 0 aromatic rings. The molecule has 1 aliphatic rings. The summed E-state index contributed by atoms with van der Waals surface area (Å²) in [6, 6.07) is 0. The number of aliphatic hydroxyl groups is 5. The average Bonchev–Trinajstić information content (AvgIpc) is 2.97. The molecule has 0 bridgehead atoms. The molecule has 11 heteroatoms. The molecule has 0 aromatic heterocycles. The first kappa shape index (κ1) is 22.5. The standard InChI is InChI=1S/C7H15NO5.C6H10NO4/c9-3-1-8(2-4-10)7(12)13-6-5-11;8-2-5(9)1-7-4-11-3-6(7)10/h9-11H,1-6H2;4-5,8-9H,1-3H2/q;-1. The summed E-state index contributed by atoms with van der Waals surface area (Å²) in [4.78, 5) is 24.3. The second-order valence-electron chi connectivity index (χ2n) is 4.57. The van der Waals surface area contributed by atoms with Crippen LogP contribution in [0.2, 0.25) is 0 Å². The van der Waals surface area contributed by atoms with Gasteiger partial charge < -0.3 is 44.8 Å². The quantitative estimate of drug-likeness (QED) is 0.268. The molecule has 1 saturated heterocycles. The zero-order valence-corrected chi connectivity index (χ0v) is 13.3. The van der Waals surface area contributed by atoms with Crippen molar-refractivity contribution in [2.75, 3.05) is 59.3 Å². The van der Waals surface area contributed by atoms with Crippen LogP contribution in [0, 0.1) is 6.73 Å². The highest BCUT2D eigenvalue weighted by molar-refractivity contribution is 5.79. The summed E-state index contributed by atoms with van der Waals surface area (Å²) < 4.78 is 9.25. The molecule has 1 rings (SSSR count). The van der Waals surface area contributed by atoms with E-state index in [1.165, 1.54) is 11.6 Å². The first-order valence-electron chi connectivity index (χ1n) is 7.27. The van der Waals surface area contributed by atoms with Crippen LogP contribution in [0.1, 0.15) is 0 Å². The number of rotatable bonds is 9. The van der Waals surface area contributed by atoms with Crippen LogP contribution in [0.15, 0.2) is 0 Å². The van der Waals surface area contributed by atoms with Crippen molar-refractivity contribution in [2.45, 2.75) is 6.10 Å². The maximum Gasteiger partial charge on any atom is 0.409 e. The van der Waals surface area contributed by atoms with E-state index >= 15 is 0 Å². The molecule has 1 aliphatic heterocycles. The van der Waals surface area contributed by atoms with Gasteiger partial charge in [-0.3, -0.25) is 4.79 Å². The molecule has 0 saturated carbocycles. The van der Waals surface area contributed by atoms with Gasteiger partial charge in [-0.15, -0.1) is 6.73 Å². The van der Waals surface area contributed by atoms with Crippen molar-refractivity contribution in [1.29, 1.82) is 0 Å². The van der Waals surface area contributed by atoms with Gasteiger partial charge in [-0.2, -0.15) is 0 Å². The van der Waals surface area contributed by atoms with Crippen molar-refractivity contribution < 1.29 is 44.6 Å². The number of aliphatic hydroxyl groups excluding tert-OH is 5. The SMILES string of the molecule is O=C(OCCO)N(CCO)CCO.O=C1CO[CH-]N1CC(O)CO. The van der Waals surface area contributed by atoms with Gasteiger partial charge in [-0.05, 0) is 0 Å². The summed E-state index contributed by atoms with van der Waals surface area (Å²) in [6.45, 7) is 0.564. The fourth-order valence-electron chi connectivity index (χ4n) is 1.53. The number of carbonyl (C=O) groups excluding carboxylic acids is 2. The zero-order valence-electron chi connectivity index (χ0n) is 13.3. The van der Waals surface area contributed by atoms with Gasteiger partial charge in [0.05, 0.1) is 39.1 Å². The number of hydrogen-bond donors (Lipinski definition) is 5. The van der Waals surface area contributed by atoms with Gasteiger partial charge in [0.25, 0.3) is 0 Å². The first-order chi connectivity index (χ1) is 11.5. The van der Waals surface area contributed by atoms with Crippen molar-refractivity contribution in [3.8, 4) is 0 Å². The number of amides is 2. The second kappa shape index (κ2) is 13.9. The number of nitrogens with zero attached hydrogens (tertiary/aromatic N) is 2. The van der Waals surface area contributed by atoms with E-state index in [0.29, 0.717) is 0 Å². The summed E-state index contributed by atoms with van der Waals surface area (Å²) in [5, 5.41) is 42.8. The van der Waals surface area contributed by atoms with Crippen LogP contribution in [-0.4, -0.2) is 113 Å². The molecule has 2 amide bonds. The lowest BCUT2D eigenvalue weighted by Crippen LogP contribution is -2.36. The number of hydrogen-bond acceptors (Lipinski definition) is 9. The minimum Gasteiger partial charge on any atom is -0.525 e. The van der Waals surface area contributed by atoms with Crippen molar-refractivity contribution in [3.63, 3.8) is 0 Å². The van der Waals surface area contributed by atoms with Crippen LogP contribution < -0.4 is 0 Å². The lowest BCUT2D eigenvalue weighted by molar-refractivity contribution is -0.127. The number of carbonyl (C=O) groups is 2. The minimum absolute atomic E-state index is 0.0259. The van der Waals surface area contributed by atoms with E-state index in [9.17, 15) is 9.59 Å². The van der Waals surface area contributed by atoms with Crippen LogP contribution in [0.4, 0.5) is 4.79 Å². The van der Waals surface area contributed by atoms with E-state index in [1.807, 2.05) is 0 Å². The maximum atomic E-state index is 11.1. The van der Waals surface area contributed by atoms with E-state index in [0.717, 1.165) is 4.90 Å². The molecule has 5 N–H and O–H groups in total. The predicted octanol–water partition coefficient (Wildman–Crippen LogP) is -3.28. The smallest absolute Gasteiger partial charge is 0.409 e. The number of ether oxygens (including phenoxy) is 2. The third-order valence-corrected chi connectivity index (χ3v) is 2.66. The molecule has 1 heterocycles. The van der Waals surface area contributed by atoms with Crippen LogP contribution in [0.3, 0.4) is 0 Å². The Balaban J connectivity index is 0.000000446. The van der Waals surface area contributed by atoms with Gasteiger partial charge in [-0.1, -0.05) is 0 Å². The molecule has 1 fully saturated rings. The predicted molar refractivity (Wildman–Crippen MR) is 79.2 cm³/mol. The van der Waals surface area contributed by atoms with Crippen molar-refractivity contribution in [3.05, 3.63) is 6.73 Å². The molecule has 24 heavy (non-hydrogen) atoms. The molecule has 1 unspecified atom stereocenters. The van der Waals surface area contributed by atoms with E-state index in [-0.39, 0.29) is 65.2 Å². The Kier molecular flexibility index (Phi) is 13.0. The lowest BCUT2D eigenvalue weighted by Gasteiger charge is -2.25. The summed E-state index contributed by atoms with van der Waals surface area (Å²) in [6.07, 6.45) is -1.53. The van der Waals surface area contributed by atoms with E-state index < -0.39 is 12.2 Å². The molecular weight excluding hydrogens is 328 g/mol. The highest BCUT2D eigenvalue weighted by Crippen LogP contribution is 2.06. The third-order valence-electron chi connectivity index (χ3n) is 2.66. The van der Waals surface area contributed by atoms with Gasteiger partial charge in [0.15, 0.2) is 0 Å². The fourth-order valence-corrected chi connectivity index (χ4v) is 1.53. The molecule has 1 atom stereocenters. The molecule has 0 aliphatic carbocycles. The van der Waals surface area contributed by atoms with Gasteiger partial charge >= 0.3 is 6.09 Å². The summed E-state index contributed by atoms with van der Waals surface area (Å²) in [7, 11) is 0. The van der Waals surface area contributed by atoms with Gasteiger partial charge in [0, 0.05) is 19.6 Å². The lowest BCUT2D eigenvalue weighted by atomic mass is 10.3. The monoisotopic (exact) mass is 353 g/mol. The Bertz CT molecular complexity index is 350. The molecule has 0 spiro atoms. The van der Waals surface area contributed by atoms with Crippen LogP contribution in [-0.2, 0) is 14.3 Å². The zero-order chi connectivity index (χ0) is 18.4. The average molecular weight is 353 g/mol. The van der Waals surface area contributed by atoms with Crippen LogP contribution in [0.5, 0.6) is 0 Å². The Morgan fingerprint density at radius 3 is 2.29 bits per heavy atom. The number of β-amino-alcohol motifs (C(OH)–C–C–N with tert-alkyl or cyclic N) is 1. The van der Waals surface area contributed by atoms with Gasteiger partial charge in [0.1, 0.15) is 6.61 Å². The highest BCUT2D eigenvalue weighted by Gasteiger charge is 2.14. The topological polar surface area (TPSA) is 160 Å². The fraction of sp³-hybridized carbons (Fsp3) is 0.769. The Morgan fingerprint density at radius 1 is 1.25 bits per heavy atom. The highest BCUT2D eigenvalue weighted by atomic mass is 16.6. The van der Waals surface area contributed by atoms with Crippen LogP contribution >= 0.6 is 0 Å². The molecular formula is C13H25N2O9-. The Hall–Kier alpha value is -1.50. The van der Waals surface area contributed by atoms with Crippen molar-refractivity contribution in [1.82, 2.24) is 9.80 Å². The largest absolute Gasteiger partial charge is 0.525 e. The van der Waals surface area contributed by atoms with Gasteiger partial charge in [-0.25, -0.2) is 4.79 Å². The maximum absolute atomic E-state index is 11.1. The third kappa shape index (κ3) is 9.60. The minimum atomic E-state index is -0.892.